The summed E-state index contributed by atoms with van der Waals surface area (Å²) in [5, 5.41) is 4.04. The first-order chi connectivity index (χ1) is 12.9. The minimum atomic E-state index is -3.68. The van der Waals surface area contributed by atoms with E-state index >= 15 is 0 Å². The molecular formula is C21H24N2O3S. The highest BCUT2D eigenvalue weighted by Gasteiger charge is 2.33. The zero-order valence-corrected chi connectivity index (χ0v) is 16.1. The van der Waals surface area contributed by atoms with Gasteiger partial charge in [0, 0.05) is 5.41 Å². The third-order valence-electron chi connectivity index (χ3n) is 4.52. The van der Waals surface area contributed by atoms with E-state index in [0.717, 1.165) is 34.9 Å². The molecule has 1 atom stereocenters. The Hall–Kier alpha value is -2.44. The fraction of sp³-hybridized carbons (Fsp3) is 0.286. The monoisotopic (exact) mass is 384 g/mol. The number of aryl methyl sites for hydroxylation is 1. The molecule has 2 aromatic carbocycles. The normalized spacial score (nSPS) is 15.6. The van der Waals surface area contributed by atoms with Crippen molar-refractivity contribution in [1.82, 2.24) is 10.0 Å². The fourth-order valence-corrected chi connectivity index (χ4v) is 3.61. The van der Waals surface area contributed by atoms with Crippen LogP contribution in [0, 0.1) is 12.8 Å². The van der Waals surface area contributed by atoms with Crippen LogP contribution in [0.1, 0.15) is 35.6 Å². The molecular weight excluding hydrogens is 360 g/mol. The molecule has 2 N–H and O–H groups in total. The van der Waals surface area contributed by atoms with Crippen LogP contribution in [0.4, 0.5) is 0 Å². The van der Waals surface area contributed by atoms with Crippen LogP contribution in [0.15, 0.2) is 60.0 Å². The summed E-state index contributed by atoms with van der Waals surface area (Å²) in [6.07, 6.45) is 3.66. The summed E-state index contributed by atoms with van der Waals surface area (Å²) in [5.74, 6) is 0.0949. The van der Waals surface area contributed by atoms with E-state index in [9.17, 15) is 13.2 Å². The molecule has 0 radical (unpaired) electrons. The number of nitrogens with one attached hydrogen (secondary N) is 2. The lowest BCUT2D eigenvalue weighted by molar-refractivity contribution is -0.120. The fourth-order valence-electron chi connectivity index (χ4n) is 2.85. The van der Waals surface area contributed by atoms with E-state index in [-0.39, 0.29) is 18.5 Å². The van der Waals surface area contributed by atoms with E-state index < -0.39 is 10.0 Å². The molecule has 2 aromatic rings. The highest BCUT2D eigenvalue weighted by molar-refractivity contribution is 7.92. The van der Waals surface area contributed by atoms with Gasteiger partial charge in [-0.1, -0.05) is 60.2 Å². The Kier molecular flexibility index (Phi) is 6.08. The predicted octanol–water partition coefficient (Wildman–Crippen LogP) is 3.15. The van der Waals surface area contributed by atoms with Crippen LogP contribution in [0.3, 0.4) is 0 Å². The summed E-state index contributed by atoms with van der Waals surface area (Å²) < 4.78 is 26.5. The van der Waals surface area contributed by atoms with Gasteiger partial charge in [0.15, 0.2) is 0 Å². The highest BCUT2D eigenvalue weighted by Crippen LogP contribution is 2.40. The van der Waals surface area contributed by atoms with Crippen LogP contribution in [-0.2, 0) is 14.8 Å². The minimum absolute atomic E-state index is 0.0636. The molecule has 1 unspecified atom stereocenters. The van der Waals surface area contributed by atoms with Crippen molar-refractivity contribution >= 4 is 22.0 Å². The first-order valence-corrected chi connectivity index (χ1v) is 10.6. The van der Waals surface area contributed by atoms with Crippen molar-refractivity contribution in [1.29, 1.82) is 0 Å². The lowest BCUT2D eigenvalue weighted by atomic mass is 10.0. The maximum atomic E-state index is 12.3. The summed E-state index contributed by atoms with van der Waals surface area (Å²) in [6.45, 7) is 1.69. The van der Waals surface area contributed by atoms with Crippen LogP contribution in [-0.4, -0.2) is 20.9 Å². The van der Waals surface area contributed by atoms with Gasteiger partial charge in [-0.15, -0.1) is 0 Å². The van der Waals surface area contributed by atoms with Gasteiger partial charge in [0.25, 0.3) is 0 Å². The number of sulfonamides is 1. The third-order valence-corrected chi connectivity index (χ3v) is 5.56. The topological polar surface area (TPSA) is 75.3 Å². The second-order valence-corrected chi connectivity index (χ2v) is 8.52. The first kappa shape index (κ1) is 19.3. The molecule has 0 aromatic heterocycles. The van der Waals surface area contributed by atoms with Crippen molar-refractivity contribution in [2.75, 3.05) is 6.54 Å². The number of rotatable bonds is 8. The van der Waals surface area contributed by atoms with Gasteiger partial charge in [-0.2, -0.15) is 0 Å². The summed E-state index contributed by atoms with van der Waals surface area (Å²) in [4.78, 5) is 12.3. The SMILES string of the molecule is Cc1ccc(/C=C/S(=O)(=O)NCC(=O)NC(c2ccccc2)C2CC2)cc1. The van der Waals surface area contributed by atoms with Crippen LogP contribution in [0.2, 0.25) is 0 Å². The smallest absolute Gasteiger partial charge is 0.235 e. The van der Waals surface area contributed by atoms with Crippen molar-refractivity contribution in [3.8, 4) is 0 Å². The molecule has 1 fully saturated rings. The molecule has 5 nitrogen and oxygen atoms in total. The molecule has 1 amide bonds. The third kappa shape index (κ3) is 6.05. The molecule has 0 saturated heterocycles. The average molecular weight is 385 g/mol. The summed E-state index contributed by atoms with van der Waals surface area (Å²) in [5.41, 5.74) is 2.94. The molecule has 6 heteroatoms. The zero-order valence-electron chi connectivity index (χ0n) is 15.3. The molecule has 1 saturated carbocycles. The maximum Gasteiger partial charge on any atom is 0.235 e. The van der Waals surface area contributed by atoms with Gasteiger partial charge in [-0.3, -0.25) is 4.79 Å². The lowest BCUT2D eigenvalue weighted by Gasteiger charge is -2.18. The summed E-state index contributed by atoms with van der Waals surface area (Å²) >= 11 is 0. The van der Waals surface area contributed by atoms with Gasteiger partial charge in [0.1, 0.15) is 0 Å². The molecule has 1 aliphatic rings. The molecule has 0 bridgehead atoms. The van der Waals surface area contributed by atoms with Crippen LogP contribution in [0.25, 0.3) is 6.08 Å². The first-order valence-electron chi connectivity index (χ1n) is 9.02. The van der Waals surface area contributed by atoms with Gasteiger partial charge < -0.3 is 5.32 Å². The Morgan fingerprint density at radius 3 is 2.41 bits per heavy atom. The Morgan fingerprint density at radius 1 is 1.11 bits per heavy atom. The number of benzene rings is 2. The molecule has 0 heterocycles. The van der Waals surface area contributed by atoms with Crippen molar-refractivity contribution in [3.63, 3.8) is 0 Å². The summed E-state index contributed by atoms with van der Waals surface area (Å²) in [7, 11) is -3.68. The zero-order chi connectivity index (χ0) is 19.3. The number of carbonyl (C=O) groups excluding carboxylic acids is 1. The Labute approximate surface area is 160 Å². The van der Waals surface area contributed by atoms with Crippen molar-refractivity contribution < 1.29 is 13.2 Å². The maximum absolute atomic E-state index is 12.3. The van der Waals surface area contributed by atoms with Crippen molar-refractivity contribution in [2.24, 2.45) is 5.92 Å². The standard InChI is InChI=1S/C21H24N2O3S/c1-16-7-9-17(10-8-16)13-14-27(25,26)22-15-20(24)23-21(19-11-12-19)18-5-3-2-4-6-18/h2-10,13-14,19,21-22H,11-12,15H2,1H3,(H,23,24)/b14-13+. The van der Waals surface area contributed by atoms with Crippen LogP contribution in [0.5, 0.6) is 0 Å². The van der Waals surface area contributed by atoms with E-state index in [1.54, 1.807) is 0 Å². The van der Waals surface area contributed by atoms with Gasteiger partial charge in [-0.25, -0.2) is 13.1 Å². The second kappa shape index (κ2) is 8.50. The van der Waals surface area contributed by atoms with Gasteiger partial charge in [-0.05, 0) is 42.9 Å². The van der Waals surface area contributed by atoms with E-state index in [1.807, 2.05) is 61.5 Å². The number of carbonyl (C=O) groups is 1. The Bertz CT molecular complexity index is 902. The minimum Gasteiger partial charge on any atom is -0.348 e. The number of hydrogen-bond acceptors (Lipinski definition) is 3. The molecule has 3 rings (SSSR count). The number of hydrogen-bond donors (Lipinski definition) is 2. The Balaban J connectivity index is 1.55. The van der Waals surface area contributed by atoms with E-state index in [0.29, 0.717) is 5.92 Å². The van der Waals surface area contributed by atoms with Crippen molar-refractivity contribution in [3.05, 3.63) is 76.7 Å². The quantitative estimate of drug-likeness (QED) is 0.734. The Morgan fingerprint density at radius 2 is 1.78 bits per heavy atom. The van der Waals surface area contributed by atoms with Crippen LogP contribution >= 0.6 is 0 Å². The van der Waals surface area contributed by atoms with Crippen molar-refractivity contribution in [2.45, 2.75) is 25.8 Å². The largest absolute Gasteiger partial charge is 0.348 e. The molecule has 27 heavy (non-hydrogen) atoms. The van der Waals surface area contributed by atoms with E-state index in [2.05, 4.69) is 10.0 Å². The van der Waals surface area contributed by atoms with Gasteiger partial charge in [0.2, 0.25) is 15.9 Å². The second-order valence-electron chi connectivity index (χ2n) is 6.87. The predicted molar refractivity (Wildman–Crippen MR) is 107 cm³/mol. The highest BCUT2D eigenvalue weighted by atomic mass is 32.2. The van der Waals surface area contributed by atoms with E-state index in [4.69, 9.17) is 0 Å². The average Bonchev–Trinajstić information content (AvgIpc) is 3.50. The van der Waals surface area contributed by atoms with Crippen LogP contribution < -0.4 is 10.0 Å². The molecule has 0 aliphatic heterocycles. The van der Waals surface area contributed by atoms with Gasteiger partial charge in [0.05, 0.1) is 12.6 Å². The molecule has 0 spiro atoms. The number of amides is 1. The van der Waals surface area contributed by atoms with E-state index in [1.165, 1.54) is 6.08 Å². The lowest BCUT2D eigenvalue weighted by Crippen LogP contribution is -2.38. The molecule has 1 aliphatic carbocycles. The molecule has 142 valence electrons. The van der Waals surface area contributed by atoms with Gasteiger partial charge >= 0.3 is 0 Å². The summed E-state index contributed by atoms with van der Waals surface area (Å²) in [6, 6.07) is 17.2.